The molecule has 1 aliphatic rings. The number of likely N-dealkylation sites (tertiary alicyclic amines) is 1. The lowest BCUT2D eigenvalue weighted by Crippen LogP contribution is -2.33. The molecule has 92 valence electrons. The fourth-order valence-electron chi connectivity index (χ4n) is 2.42. The minimum Gasteiger partial charge on any atom is -0.299 e. The SMILES string of the molecule is O=C(I)CC1CCN(Cc2ccccc2)CC1. The highest BCUT2D eigenvalue weighted by Crippen LogP contribution is 2.22. The normalized spacial score (nSPS) is 18.2. The molecule has 1 aliphatic heterocycles. The Morgan fingerprint density at radius 1 is 1.24 bits per heavy atom. The largest absolute Gasteiger partial charge is 0.299 e. The van der Waals surface area contributed by atoms with Crippen molar-refractivity contribution >= 4 is 26.4 Å². The first-order chi connectivity index (χ1) is 8.24. The Labute approximate surface area is 117 Å². The lowest BCUT2D eigenvalue weighted by molar-refractivity contribution is -0.110. The number of carbonyl (C=O) groups excluding carboxylic acids is 1. The number of hydrogen-bond donors (Lipinski definition) is 0. The molecule has 1 heterocycles. The second-order valence-electron chi connectivity index (χ2n) is 4.76. The number of carbonyl (C=O) groups is 1. The van der Waals surface area contributed by atoms with Gasteiger partial charge in [-0.2, -0.15) is 0 Å². The molecule has 0 aliphatic carbocycles. The van der Waals surface area contributed by atoms with E-state index in [4.69, 9.17) is 0 Å². The van der Waals surface area contributed by atoms with E-state index in [1.165, 1.54) is 18.4 Å². The number of piperidine rings is 1. The second kappa shape index (κ2) is 6.50. The standard InChI is InChI=1S/C14H18INO/c15-14(17)10-12-6-8-16(9-7-12)11-13-4-2-1-3-5-13/h1-5,12H,6-11H2. The van der Waals surface area contributed by atoms with Gasteiger partial charge in [-0.1, -0.05) is 30.3 Å². The van der Waals surface area contributed by atoms with Crippen LogP contribution < -0.4 is 0 Å². The Morgan fingerprint density at radius 2 is 1.88 bits per heavy atom. The lowest BCUT2D eigenvalue weighted by atomic mass is 9.94. The smallest absolute Gasteiger partial charge is 0.192 e. The highest BCUT2D eigenvalue weighted by atomic mass is 127. The van der Waals surface area contributed by atoms with Crippen LogP contribution in [-0.2, 0) is 11.3 Å². The zero-order valence-corrected chi connectivity index (χ0v) is 12.1. The summed E-state index contributed by atoms with van der Waals surface area (Å²) in [5.41, 5.74) is 1.39. The van der Waals surface area contributed by atoms with E-state index in [1.54, 1.807) is 0 Å². The predicted octanol–water partition coefficient (Wildman–Crippen LogP) is 3.25. The third-order valence-electron chi connectivity index (χ3n) is 3.41. The van der Waals surface area contributed by atoms with Crippen LogP contribution in [0.1, 0.15) is 24.8 Å². The van der Waals surface area contributed by atoms with Gasteiger partial charge in [0.05, 0.1) is 0 Å². The Kier molecular flexibility index (Phi) is 4.98. The summed E-state index contributed by atoms with van der Waals surface area (Å²) in [6.45, 7) is 3.30. The van der Waals surface area contributed by atoms with Gasteiger partial charge in [-0.15, -0.1) is 0 Å². The Bertz CT molecular complexity index is 358. The molecule has 0 radical (unpaired) electrons. The first-order valence-corrected chi connectivity index (χ1v) is 7.26. The monoisotopic (exact) mass is 343 g/mol. The van der Waals surface area contributed by atoms with Gasteiger partial charge in [0, 0.05) is 13.0 Å². The zero-order chi connectivity index (χ0) is 12.1. The molecule has 0 aromatic heterocycles. The van der Waals surface area contributed by atoms with Gasteiger partial charge in [-0.25, -0.2) is 0 Å². The van der Waals surface area contributed by atoms with Crippen molar-refractivity contribution in [3.63, 3.8) is 0 Å². The molecule has 0 N–H and O–H groups in total. The molecule has 0 amide bonds. The van der Waals surface area contributed by atoms with Crippen molar-refractivity contribution in [2.24, 2.45) is 5.92 Å². The van der Waals surface area contributed by atoms with Gasteiger partial charge in [0.1, 0.15) is 0 Å². The maximum atomic E-state index is 11.1. The fourth-order valence-corrected chi connectivity index (χ4v) is 3.04. The van der Waals surface area contributed by atoms with Crippen molar-refractivity contribution in [3.05, 3.63) is 35.9 Å². The van der Waals surface area contributed by atoms with Gasteiger partial charge in [0.25, 0.3) is 0 Å². The molecule has 0 saturated carbocycles. The molecule has 1 saturated heterocycles. The summed E-state index contributed by atoms with van der Waals surface area (Å²) in [5, 5.41) is 0. The molecule has 3 heteroatoms. The summed E-state index contributed by atoms with van der Waals surface area (Å²) in [4.78, 5) is 13.5. The maximum absolute atomic E-state index is 11.1. The first-order valence-electron chi connectivity index (χ1n) is 6.18. The quantitative estimate of drug-likeness (QED) is 0.618. The van der Waals surface area contributed by atoms with E-state index >= 15 is 0 Å². The van der Waals surface area contributed by atoms with Crippen molar-refractivity contribution in [2.75, 3.05) is 13.1 Å². The molecule has 0 spiro atoms. The third-order valence-corrected chi connectivity index (χ3v) is 3.85. The number of benzene rings is 1. The highest BCUT2D eigenvalue weighted by Gasteiger charge is 2.20. The van der Waals surface area contributed by atoms with Crippen LogP contribution in [0, 0.1) is 5.92 Å². The van der Waals surface area contributed by atoms with Crippen LogP contribution in [0.5, 0.6) is 0 Å². The minimum atomic E-state index is 0.309. The number of hydrogen-bond acceptors (Lipinski definition) is 2. The topological polar surface area (TPSA) is 20.3 Å². The zero-order valence-electron chi connectivity index (χ0n) is 9.94. The summed E-state index contributed by atoms with van der Waals surface area (Å²) in [5.74, 6) is 0.617. The molecule has 2 rings (SSSR count). The number of halogens is 1. The molecular weight excluding hydrogens is 325 g/mol. The highest BCUT2D eigenvalue weighted by molar-refractivity contribution is 14.1. The maximum Gasteiger partial charge on any atom is 0.192 e. The van der Waals surface area contributed by atoms with E-state index < -0.39 is 0 Å². The summed E-state index contributed by atoms with van der Waals surface area (Å²) in [6.07, 6.45) is 3.10. The summed E-state index contributed by atoms with van der Waals surface area (Å²) >= 11 is 1.92. The number of nitrogens with zero attached hydrogens (tertiary/aromatic N) is 1. The van der Waals surface area contributed by atoms with Crippen LogP contribution in [0.2, 0.25) is 0 Å². The van der Waals surface area contributed by atoms with E-state index in [0.717, 1.165) is 26.1 Å². The van der Waals surface area contributed by atoms with E-state index in [-0.39, 0.29) is 0 Å². The molecule has 1 aromatic carbocycles. The molecular formula is C14H18INO. The van der Waals surface area contributed by atoms with Crippen LogP contribution in [0.25, 0.3) is 0 Å². The van der Waals surface area contributed by atoms with Crippen molar-refractivity contribution in [3.8, 4) is 0 Å². The van der Waals surface area contributed by atoms with E-state index in [0.29, 0.717) is 9.71 Å². The lowest BCUT2D eigenvalue weighted by Gasteiger charge is -2.31. The second-order valence-corrected chi connectivity index (χ2v) is 5.97. The van der Waals surface area contributed by atoms with Crippen LogP contribution >= 0.6 is 22.6 Å². The Balaban J connectivity index is 1.78. The third kappa shape index (κ3) is 4.39. The van der Waals surface area contributed by atoms with E-state index in [9.17, 15) is 4.79 Å². The van der Waals surface area contributed by atoms with Crippen LogP contribution in [0.4, 0.5) is 0 Å². The predicted molar refractivity (Wildman–Crippen MR) is 78.1 cm³/mol. The fraction of sp³-hybridized carbons (Fsp3) is 0.500. The number of rotatable bonds is 4. The van der Waals surface area contributed by atoms with Gasteiger partial charge in [0.2, 0.25) is 0 Å². The van der Waals surface area contributed by atoms with E-state index in [1.807, 2.05) is 22.6 Å². The van der Waals surface area contributed by atoms with Gasteiger partial charge < -0.3 is 0 Å². The van der Waals surface area contributed by atoms with Crippen LogP contribution in [0.3, 0.4) is 0 Å². The molecule has 1 fully saturated rings. The molecule has 2 nitrogen and oxygen atoms in total. The summed E-state index contributed by atoms with van der Waals surface area (Å²) in [7, 11) is 0. The minimum absolute atomic E-state index is 0.309. The van der Waals surface area contributed by atoms with Crippen LogP contribution in [-0.4, -0.2) is 21.8 Å². The molecule has 0 unspecified atom stereocenters. The summed E-state index contributed by atoms with van der Waals surface area (Å²) < 4.78 is 0.309. The average Bonchev–Trinajstić information content (AvgIpc) is 2.32. The molecule has 0 atom stereocenters. The average molecular weight is 343 g/mol. The van der Waals surface area contributed by atoms with Gasteiger partial charge in [-0.3, -0.25) is 9.69 Å². The van der Waals surface area contributed by atoms with Crippen molar-refractivity contribution in [2.45, 2.75) is 25.8 Å². The van der Waals surface area contributed by atoms with Gasteiger partial charge in [0.15, 0.2) is 3.79 Å². The van der Waals surface area contributed by atoms with Crippen molar-refractivity contribution in [1.29, 1.82) is 0 Å². The molecule has 17 heavy (non-hydrogen) atoms. The van der Waals surface area contributed by atoms with Crippen LogP contribution in [0.15, 0.2) is 30.3 Å². The Hall–Kier alpha value is -0.420. The van der Waals surface area contributed by atoms with Crippen molar-refractivity contribution < 1.29 is 4.79 Å². The van der Waals surface area contributed by atoms with E-state index in [2.05, 4.69) is 35.2 Å². The molecule has 1 aromatic rings. The summed E-state index contributed by atoms with van der Waals surface area (Å²) in [6, 6.07) is 10.6. The Morgan fingerprint density at radius 3 is 2.47 bits per heavy atom. The van der Waals surface area contributed by atoms with Gasteiger partial charge >= 0.3 is 0 Å². The van der Waals surface area contributed by atoms with Crippen molar-refractivity contribution in [1.82, 2.24) is 4.90 Å². The van der Waals surface area contributed by atoms with Gasteiger partial charge in [-0.05, 0) is 60.0 Å². The molecule has 0 bridgehead atoms. The first kappa shape index (κ1) is 13.0.